The van der Waals surface area contributed by atoms with Gasteiger partial charge in [-0.1, -0.05) is 49.7 Å². The van der Waals surface area contributed by atoms with Crippen LogP contribution in [0.5, 0.6) is 17.2 Å². The van der Waals surface area contributed by atoms with E-state index in [1.807, 2.05) is 6.92 Å². The number of hydrogen-bond donors (Lipinski definition) is 2. The molecular formula is C32H30F6N2O6. The van der Waals surface area contributed by atoms with Gasteiger partial charge in [0.05, 0.1) is 6.61 Å². The Labute approximate surface area is 259 Å². The van der Waals surface area contributed by atoms with E-state index < -0.39 is 41.0 Å². The Morgan fingerprint density at radius 2 is 1.61 bits per heavy atom. The van der Waals surface area contributed by atoms with Gasteiger partial charge in [0.2, 0.25) is 6.79 Å². The van der Waals surface area contributed by atoms with Gasteiger partial charge in [0.15, 0.2) is 11.5 Å². The molecule has 3 amide bonds. The van der Waals surface area contributed by atoms with E-state index in [1.54, 1.807) is 43.3 Å². The maximum atomic E-state index is 13.3. The Hall–Kier alpha value is -4.46. The molecule has 1 saturated heterocycles. The number of carbonyl (C=O) groups is 2. The fourth-order valence-electron chi connectivity index (χ4n) is 5.51. The predicted molar refractivity (Wildman–Crippen MR) is 152 cm³/mol. The summed E-state index contributed by atoms with van der Waals surface area (Å²) < 4.78 is 96.3. The molecule has 1 unspecified atom stereocenters. The number of nitrogens with zero attached hydrogens (tertiary/aromatic N) is 1. The van der Waals surface area contributed by atoms with Crippen molar-refractivity contribution < 1.29 is 55.2 Å². The van der Waals surface area contributed by atoms with Crippen molar-refractivity contribution in [3.63, 3.8) is 0 Å². The number of nitrogens with one attached hydrogen (secondary N) is 1. The number of carbonyl (C=O) groups excluding carboxylic acids is 2. The molecule has 0 aromatic heterocycles. The van der Waals surface area contributed by atoms with Crippen LogP contribution in [0.4, 0.5) is 31.1 Å². The molecule has 5 rings (SSSR count). The van der Waals surface area contributed by atoms with Crippen molar-refractivity contribution >= 4 is 11.9 Å². The van der Waals surface area contributed by atoms with Crippen LogP contribution in [-0.2, 0) is 22.4 Å². The second-order valence-electron chi connectivity index (χ2n) is 11.1. The smallest absolute Gasteiger partial charge is 0.430 e. The monoisotopic (exact) mass is 652 g/mol. The zero-order valence-electron chi connectivity index (χ0n) is 24.7. The molecule has 0 aliphatic carbocycles. The first-order valence-corrected chi connectivity index (χ1v) is 14.4. The Morgan fingerprint density at radius 3 is 2.26 bits per heavy atom. The van der Waals surface area contributed by atoms with Gasteiger partial charge in [-0.2, -0.15) is 26.3 Å². The fraction of sp³-hybridized carbons (Fsp3) is 0.375. The minimum atomic E-state index is -5.97. The second kappa shape index (κ2) is 12.0. The largest absolute Gasteiger partial charge is 0.494 e. The lowest BCUT2D eigenvalue weighted by molar-refractivity contribution is -0.376. The van der Waals surface area contributed by atoms with Crippen molar-refractivity contribution in [2.24, 2.45) is 0 Å². The van der Waals surface area contributed by atoms with Crippen molar-refractivity contribution in [2.45, 2.75) is 56.6 Å². The first-order valence-electron chi connectivity index (χ1n) is 14.4. The number of fused-ring (bicyclic) bond motifs is 1. The van der Waals surface area contributed by atoms with Crippen LogP contribution in [0.3, 0.4) is 0 Å². The lowest BCUT2D eigenvalue weighted by atomic mass is 9.89. The standard InChI is InChI=1S/C32H30F6N2O6/c1-3-5-20-16-23(11-12-24(20)19-6-8-21(9-7-19)30(43,31(33,34)35)32(36,37)38)44-15-4-14-40-27(41)29(2,39-28(40)42)22-10-13-25-26(17-22)46-18-45-25/h6-13,16-17,43H,3-5,14-15,18H2,1-2H3,(H,39,42). The first kappa shape index (κ1) is 32.9. The summed E-state index contributed by atoms with van der Waals surface area (Å²) in [4.78, 5) is 27.1. The Bertz CT molecular complexity index is 1610. The highest BCUT2D eigenvalue weighted by Gasteiger charge is 2.71. The molecule has 0 radical (unpaired) electrons. The van der Waals surface area contributed by atoms with Gasteiger partial charge < -0.3 is 24.6 Å². The summed E-state index contributed by atoms with van der Waals surface area (Å²) in [7, 11) is 0. The van der Waals surface area contributed by atoms with Gasteiger partial charge in [-0.05, 0) is 66.3 Å². The van der Waals surface area contributed by atoms with E-state index in [9.17, 15) is 41.0 Å². The van der Waals surface area contributed by atoms with Gasteiger partial charge in [-0.3, -0.25) is 9.69 Å². The summed E-state index contributed by atoms with van der Waals surface area (Å²) in [5.74, 6) is 1.05. The maximum Gasteiger partial charge on any atom is 0.430 e. The number of amides is 3. The SMILES string of the molecule is CCCc1cc(OCCCN2C(=O)NC(C)(c3ccc4c(c3)OCO4)C2=O)ccc1-c1ccc(C(O)(C(F)(F)F)C(F)(F)F)cc1. The molecule has 3 aromatic rings. The third-order valence-electron chi connectivity index (χ3n) is 8.05. The quantitative estimate of drug-likeness (QED) is 0.146. The lowest BCUT2D eigenvalue weighted by Crippen LogP contribution is -2.53. The highest BCUT2D eigenvalue weighted by Crippen LogP contribution is 2.50. The zero-order chi connectivity index (χ0) is 33.5. The number of aliphatic hydroxyl groups is 1. The molecule has 0 spiro atoms. The van der Waals surface area contributed by atoms with E-state index in [4.69, 9.17) is 14.2 Å². The van der Waals surface area contributed by atoms with E-state index in [-0.39, 0.29) is 19.9 Å². The molecule has 3 aromatic carbocycles. The molecule has 2 heterocycles. The van der Waals surface area contributed by atoms with Crippen molar-refractivity contribution in [2.75, 3.05) is 19.9 Å². The molecule has 1 fully saturated rings. The summed E-state index contributed by atoms with van der Waals surface area (Å²) in [5.41, 5.74) is -5.42. The van der Waals surface area contributed by atoms with E-state index >= 15 is 0 Å². The molecule has 1 atom stereocenters. The number of urea groups is 1. The van der Waals surface area contributed by atoms with Crippen LogP contribution in [0.15, 0.2) is 60.7 Å². The Kier molecular flexibility index (Phi) is 8.62. The van der Waals surface area contributed by atoms with Gasteiger partial charge in [0, 0.05) is 12.1 Å². The van der Waals surface area contributed by atoms with E-state index in [0.717, 1.165) is 22.6 Å². The number of aryl methyl sites for hydroxylation is 1. The molecule has 2 aliphatic rings. The fourth-order valence-corrected chi connectivity index (χ4v) is 5.51. The molecule has 0 saturated carbocycles. The topological polar surface area (TPSA) is 97.3 Å². The predicted octanol–water partition coefficient (Wildman–Crippen LogP) is 6.58. The number of benzene rings is 3. The van der Waals surface area contributed by atoms with Crippen molar-refractivity contribution in [3.8, 4) is 28.4 Å². The second-order valence-corrected chi connectivity index (χ2v) is 11.1. The van der Waals surface area contributed by atoms with Crippen molar-refractivity contribution in [3.05, 3.63) is 77.4 Å². The van der Waals surface area contributed by atoms with E-state index in [0.29, 0.717) is 65.3 Å². The summed E-state index contributed by atoms with van der Waals surface area (Å²) in [6.45, 7) is 3.81. The minimum Gasteiger partial charge on any atom is -0.494 e. The average molecular weight is 653 g/mol. The Balaban J connectivity index is 1.24. The molecule has 8 nitrogen and oxygen atoms in total. The van der Waals surface area contributed by atoms with Crippen LogP contribution in [0.1, 0.15) is 43.4 Å². The maximum absolute atomic E-state index is 13.3. The van der Waals surface area contributed by atoms with Crippen LogP contribution in [-0.4, -0.2) is 54.2 Å². The van der Waals surface area contributed by atoms with E-state index in [1.165, 1.54) is 0 Å². The molecule has 246 valence electrons. The highest BCUT2D eigenvalue weighted by atomic mass is 19.4. The van der Waals surface area contributed by atoms with Gasteiger partial charge in [0.25, 0.3) is 11.5 Å². The third kappa shape index (κ3) is 5.81. The summed E-state index contributed by atoms with van der Waals surface area (Å²) in [6.07, 6.45) is -10.4. The molecular weight excluding hydrogens is 622 g/mol. The molecule has 14 heteroatoms. The van der Waals surface area contributed by atoms with Crippen LogP contribution in [0, 0.1) is 0 Å². The van der Waals surface area contributed by atoms with Crippen molar-refractivity contribution in [1.82, 2.24) is 10.2 Å². The molecule has 2 N–H and O–H groups in total. The van der Waals surface area contributed by atoms with Gasteiger partial charge in [-0.25, -0.2) is 4.79 Å². The summed E-state index contributed by atoms with van der Waals surface area (Å²) in [5, 5.41) is 12.4. The highest BCUT2D eigenvalue weighted by molar-refractivity contribution is 6.07. The third-order valence-corrected chi connectivity index (χ3v) is 8.05. The molecule has 0 bridgehead atoms. The molecule has 46 heavy (non-hydrogen) atoms. The Morgan fingerprint density at radius 1 is 0.935 bits per heavy atom. The van der Waals surface area contributed by atoms with Gasteiger partial charge in [0.1, 0.15) is 11.3 Å². The molecule has 2 aliphatic heterocycles. The zero-order valence-corrected chi connectivity index (χ0v) is 24.7. The number of halogens is 6. The summed E-state index contributed by atoms with van der Waals surface area (Å²) >= 11 is 0. The number of ether oxygens (including phenoxy) is 3. The number of hydrogen-bond acceptors (Lipinski definition) is 6. The lowest BCUT2D eigenvalue weighted by Gasteiger charge is -2.32. The minimum absolute atomic E-state index is 0.0691. The average Bonchev–Trinajstić information content (AvgIpc) is 3.56. The van der Waals surface area contributed by atoms with Crippen LogP contribution in [0.25, 0.3) is 11.1 Å². The number of imide groups is 1. The normalized spacial score (nSPS) is 18.2. The van der Waals surface area contributed by atoms with Crippen LogP contribution < -0.4 is 19.5 Å². The number of rotatable bonds is 10. The van der Waals surface area contributed by atoms with Gasteiger partial charge >= 0.3 is 18.4 Å². The summed E-state index contributed by atoms with van der Waals surface area (Å²) in [6, 6.07) is 12.9. The first-order chi connectivity index (χ1) is 21.6. The van der Waals surface area contributed by atoms with E-state index in [2.05, 4.69) is 5.32 Å². The van der Waals surface area contributed by atoms with Crippen molar-refractivity contribution in [1.29, 1.82) is 0 Å². The van der Waals surface area contributed by atoms with Gasteiger partial charge in [-0.15, -0.1) is 0 Å². The van der Waals surface area contributed by atoms with Crippen LogP contribution >= 0.6 is 0 Å². The number of alkyl halides is 6. The van der Waals surface area contributed by atoms with Crippen LogP contribution in [0.2, 0.25) is 0 Å².